The minimum absolute atomic E-state index is 0.0194. The highest BCUT2D eigenvalue weighted by Crippen LogP contribution is 2.22. The second-order valence-corrected chi connectivity index (χ2v) is 5.10. The molecule has 1 heterocycles. The summed E-state index contributed by atoms with van der Waals surface area (Å²) >= 11 is 0. The molecule has 2 aromatic carbocycles. The van der Waals surface area contributed by atoms with Gasteiger partial charge in [0.1, 0.15) is 11.3 Å². The number of carbonyl (C=O) groups is 1. The monoisotopic (exact) mass is 280 g/mol. The van der Waals surface area contributed by atoms with E-state index in [9.17, 15) is 4.79 Å². The summed E-state index contributed by atoms with van der Waals surface area (Å²) in [6.07, 6.45) is 0.322. The van der Waals surface area contributed by atoms with Gasteiger partial charge in [-0.15, -0.1) is 0 Å². The quantitative estimate of drug-likeness (QED) is 0.673. The highest BCUT2D eigenvalue weighted by atomic mass is 16.5. The van der Waals surface area contributed by atoms with Crippen LogP contribution in [0, 0.1) is 6.92 Å². The van der Waals surface area contributed by atoms with E-state index in [-0.39, 0.29) is 5.78 Å². The number of carbonyl (C=O) groups excluding carboxylic acids is 1. The van der Waals surface area contributed by atoms with Crippen LogP contribution in [0.15, 0.2) is 52.9 Å². The lowest BCUT2D eigenvalue weighted by Gasteiger charge is -2.01. The van der Waals surface area contributed by atoms with Crippen LogP contribution >= 0.6 is 0 Å². The molecule has 0 aliphatic rings. The Hall–Kier alpha value is -2.55. The first-order valence-electron chi connectivity index (χ1n) is 6.82. The van der Waals surface area contributed by atoms with Gasteiger partial charge in [0.15, 0.2) is 5.76 Å². The Balaban J connectivity index is 1.82. The van der Waals surface area contributed by atoms with E-state index in [0.29, 0.717) is 12.2 Å². The first-order valence-corrected chi connectivity index (χ1v) is 6.82. The molecule has 1 aromatic heterocycles. The topological polar surface area (TPSA) is 39.4 Å². The van der Waals surface area contributed by atoms with Crippen molar-refractivity contribution in [1.82, 2.24) is 0 Å². The van der Waals surface area contributed by atoms with Crippen LogP contribution in [-0.2, 0) is 6.42 Å². The molecule has 0 saturated carbocycles. The standard InChI is InChI=1S/C18H16O3/c1-12-3-8-17-14(9-12)11-18(21-17)16(19)10-13-4-6-15(20-2)7-5-13/h3-9,11H,10H2,1-2H3. The molecule has 3 nitrogen and oxygen atoms in total. The number of rotatable bonds is 4. The van der Waals surface area contributed by atoms with Gasteiger partial charge >= 0.3 is 0 Å². The number of benzene rings is 2. The highest BCUT2D eigenvalue weighted by Gasteiger charge is 2.13. The number of ketones is 1. The molecule has 0 spiro atoms. The van der Waals surface area contributed by atoms with Crippen molar-refractivity contribution in [2.75, 3.05) is 7.11 Å². The van der Waals surface area contributed by atoms with Crippen molar-refractivity contribution >= 4 is 16.8 Å². The summed E-state index contributed by atoms with van der Waals surface area (Å²) in [5, 5.41) is 0.966. The molecule has 0 amide bonds. The first kappa shape index (κ1) is 13.4. The van der Waals surface area contributed by atoms with E-state index < -0.39 is 0 Å². The fraction of sp³-hybridized carbons (Fsp3) is 0.167. The molecule has 3 aromatic rings. The van der Waals surface area contributed by atoms with Crippen molar-refractivity contribution in [3.05, 3.63) is 65.4 Å². The Kier molecular flexibility index (Phi) is 3.48. The molecular weight excluding hydrogens is 264 g/mol. The SMILES string of the molecule is COc1ccc(CC(=O)c2cc3cc(C)ccc3o2)cc1. The van der Waals surface area contributed by atoms with Gasteiger partial charge in [-0.2, -0.15) is 0 Å². The Bertz CT molecular complexity index is 782. The molecule has 3 heteroatoms. The fourth-order valence-corrected chi connectivity index (χ4v) is 2.32. The summed E-state index contributed by atoms with van der Waals surface area (Å²) in [7, 11) is 1.62. The van der Waals surface area contributed by atoms with Gasteiger partial charge in [0.05, 0.1) is 7.11 Å². The van der Waals surface area contributed by atoms with Crippen molar-refractivity contribution in [3.63, 3.8) is 0 Å². The molecule has 0 unspecified atom stereocenters. The number of aryl methyl sites for hydroxylation is 1. The van der Waals surface area contributed by atoms with Crippen LogP contribution in [-0.4, -0.2) is 12.9 Å². The molecule has 106 valence electrons. The minimum atomic E-state index is -0.0194. The Morgan fingerprint density at radius 3 is 2.57 bits per heavy atom. The Morgan fingerprint density at radius 1 is 1.10 bits per heavy atom. The van der Waals surface area contributed by atoms with E-state index in [0.717, 1.165) is 27.8 Å². The highest BCUT2D eigenvalue weighted by molar-refractivity contribution is 5.98. The molecule has 0 fully saturated rings. The molecule has 21 heavy (non-hydrogen) atoms. The lowest BCUT2D eigenvalue weighted by Crippen LogP contribution is -2.01. The number of fused-ring (bicyclic) bond motifs is 1. The van der Waals surface area contributed by atoms with E-state index in [4.69, 9.17) is 9.15 Å². The average Bonchev–Trinajstić information content (AvgIpc) is 2.91. The maximum atomic E-state index is 12.3. The lowest BCUT2D eigenvalue weighted by molar-refractivity contribution is 0.0968. The number of hydrogen-bond acceptors (Lipinski definition) is 3. The zero-order chi connectivity index (χ0) is 14.8. The molecule has 0 N–H and O–H groups in total. The summed E-state index contributed by atoms with van der Waals surface area (Å²) in [6.45, 7) is 2.02. The van der Waals surface area contributed by atoms with E-state index in [1.807, 2.05) is 55.5 Å². The summed E-state index contributed by atoms with van der Waals surface area (Å²) in [5.74, 6) is 1.17. The van der Waals surface area contributed by atoms with Crippen molar-refractivity contribution in [3.8, 4) is 5.75 Å². The number of ether oxygens (including phenoxy) is 1. The third-order valence-corrected chi connectivity index (χ3v) is 3.47. The van der Waals surface area contributed by atoms with Gasteiger partial charge in [-0.25, -0.2) is 0 Å². The minimum Gasteiger partial charge on any atom is -0.497 e. The second-order valence-electron chi connectivity index (χ2n) is 5.10. The van der Waals surface area contributed by atoms with Crippen LogP contribution in [0.3, 0.4) is 0 Å². The Labute approximate surface area is 123 Å². The average molecular weight is 280 g/mol. The number of methoxy groups -OCH3 is 1. The van der Waals surface area contributed by atoms with Gasteiger partial charge in [0.2, 0.25) is 5.78 Å². The largest absolute Gasteiger partial charge is 0.497 e. The van der Waals surface area contributed by atoms with Crippen molar-refractivity contribution < 1.29 is 13.9 Å². The van der Waals surface area contributed by atoms with Crippen molar-refractivity contribution in [1.29, 1.82) is 0 Å². The van der Waals surface area contributed by atoms with Gasteiger partial charge in [-0.3, -0.25) is 4.79 Å². The van der Waals surface area contributed by atoms with Crippen LogP contribution in [0.5, 0.6) is 5.75 Å². The lowest BCUT2D eigenvalue weighted by atomic mass is 10.1. The third kappa shape index (κ3) is 2.82. The van der Waals surface area contributed by atoms with Crippen molar-refractivity contribution in [2.24, 2.45) is 0 Å². The third-order valence-electron chi connectivity index (χ3n) is 3.47. The zero-order valence-corrected chi connectivity index (χ0v) is 12.1. The Morgan fingerprint density at radius 2 is 1.86 bits per heavy atom. The summed E-state index contributed by atoms with van der Waals surface area (Å²) < 4.78 is 10.7. The molecule has 0 aliphatic heterocycles. The molecule has 0 saturated heterocycles. The number of Topliss-reactive ketones (excluding diaryl/α,β-unsaturated/α-hetero) is 1. The summed E-state index contributed by atoms with van der Waals surface area (Å²) in [5.41, 5.74) is 2.84. The van der Waals surface area contributed by atoms with E-state index in [1.165, 1.54) is 0 Å². The van der Waals surface area contributed by atoms with Gasteiger partial charge in [-0.05, 0) is 42.8 Å². The number of furan rings is 1. The van der Waals surface area contributed by atoms with Gasteiger partial charge < -0.3 is 9.15 Å². The molecular formula is C18H16O3. The smallest absolute Gasteiger partial charge is 0.202 e. The first-order chi connectivity index (χ1) is 10.2. The predicted molar refractivity (Wildman–Crippen MR) is 82.0 cm³/mol. The number of hydrogen-bond donors (Lipinski definition) is 0. The van der Waals surface area contributed by atoms with E-state index in [1.54, 1.807) is 7.11 Å². The predicted octanol–water partition coefficient (Wildman–Crippen LogP) is 4.18. The van der Waals surface area contributed by atoms with E-state index in [2.05, 4.69) is 0 Å². The van der Waals surface area contributed by atoms with Crippen LogP contribution < -0.4 is 4.74 Å². The molecule has 0 aliphatic carbocycles. The fourth-order valence-electron chi connectivity index (χ4n) is 2.32. The normalized spacial score (nSPS) is 10.8. The van der Waals surface area contributed by atoms with Crippen molar-refractivity contribution in [2.45, 2.75) is 13.3 Å². The van der Waals surface area contributed by atoms with Crippen LogP contribution in [0.4, 0.5) is 0 Å². The second kappa shape index (κ2) is 5.44. The van der Waals surface area contributed by atoms with Crippen LogP contribution in [0.2, 0.25) is 0 Å². The summed E-state index contributed by atoms with van der Waals surface area (Å²) in [6, 6.07) is 15.2. The molecule has 3 rings (SSSR count). The molecule has 0 atom stereocenters. The van der Waals surface area contributed by atoms with Gasteiger partial charge in [0, 0.05) is 11.8 Å². The van der Waals surface area contributed by atoms with Gasteiger partial charge in [0.25, 0.3) is 0 Å². The zero-order valence-electron chi connectivity index (χ0n) is 12.1. The van der Waals surface area contributed by atoms with Crippen LogP contribution in [0.25, 0.3) is 11.0 Å². The van der Waals surface area contributed by atoms with Gasteiger partial charge in [-0.1, -0.05) is 23.8 Å². The van der Waals surface area contributed by atoms with Crippen LogP contribution in [0.1, 0.15) is 21.7 Å². The maximum absolute atomic E-state index is 12.3. The summed E-state index contributed by atoms with van der Waals surface area (Å²) in [4.78, 5) is 12.3. The molecule has 0 bridgehead atoms. The molecule has 0 radical (unpaired) electrons. The maximum Gasteiger partial charge on any atom is 0.202 e. The van der Waals surface area contributed by atoms with E-state index >= 15 is 0 Å².